The molecule has 1 amide bonds. The minimum absolute atomic E-state index is 0.350. The van der Waals surface area contributed by atoms with Crippen LogP contribution < -0.4 is 15.5 Å². The van der Waals surface area contributed by atoms with Gasteiger partial charge in [0.05, 0.1) is 12.1 Å². The predicted octanol–water partition coefficient (Wildman–Crippen LogP) is 4.12. The molecule has 32 heavy (non-hydrogen) atoms. The van der Waals surface area contributed by atoms with Crippen molar-refractivity contribution in [3.63, 3.8) is 0 Å². The Balaban J connectivity index is 1.99. The fourth-order valence-electron chi connectivity index (χ4n) is 3.57. The van der Waals surface area contributed by atoms with Crippen molar-refractivity contribution >= 4 is 11.8 Å². The number of ether oxygens (including phenoxy) is 1. The van der Waals surface area contributed by atoms with Crippen LogP contribution in [0.5, 0.6) is 0 Å². The standard InChI is InChI=1S/C26H39N3O3/c1-6-29(7-2)22-15-11-14-21(16-22)18-27-19-24(30)23(17-20-12-9-8-10-13-20)28-25(31)32-26(3,4)5/h8-16,23-24,27,30H,6-7,17-19H2,1-5H3,(H,28,31). The number of aliphatic hydroxyl groups excluding tert-OH is 1. The molecule has 2 rings (SSSR count). The van der Waals surface area contributed by atoms with Gasteiger partial charge in [-0.25, -0.2) is 4.79 Å². The monoisotopic (exact) mass is 441 g/mol. The van der Waals surface area contributed by atoms with Crippen molar-refractivity contribution in [2.45, 2.75) is 65.3 Å². The van der Waals surface area contributed by atoms with Crippen LogP contribution in [0.15, 0.2) is 54.6 Å². The number of carbonyl (C=O) groups is 1. The molecule has 0 aliphatic carbocycles. The second kappa shape index (κ2) is 12.5. The SMILES string of the molecule is CCN(CC)c1cccc(CNCC(O)C(Cc2ccccc2)NC(=O)OC(C)(C)C)c1. The highest BCUT2D eigenvalue weighted by atomic mass is 16.6. The maximum atomic E-state index is 12.3. The number of nitrogens with zero attached hydrogens (tertiary/aromatic N) is 1. The Kier molecular flexibility index (Phi) is 10.0. The summed E-state index contributed by atoms with van der Waals surface area (Å²) < 4.78 is 5.40. The van der Waals surface area contributed by atoms with E-state index in [9.17, 15) is 9.90 Å². The summed E-state index contributed by atoms with van der Waals surface area (Å²) in [7, 11) is 0. The molecule has 3 N–H and O–H groups in total. The fourth-order valence-corrected chi connectivity index (χ4v) is 3.57. The van der Waals surface area contributed by atoms with Gasteiger partial charge < -0.3 is 25.4 Å². The van der Waals surface area contributed by atoms with Gasteiger partial charge in [-0.05, 0) is 64.3 Å². The summed E-state index contributed by atoms with van der Waals surface area (Å²) in [5, 5.41) is 17.1. The smallest absolute Gasteiger partial charge is 0.407 e. The van der Waals surface area contributed by atoms with Gasteiger partial charge in [-0.15, -0.1) is 0 Å². The van der Waals surface area contributed by atoms with Crippen molar-refractivity contribution in [1.82, 2.24) is 10.6 Å². The van der Waals surface area contributed by atoms with Crippen molar-refractivity contribution in [2.24, 2.45) is 0 Å². The molecule has 176 valence electrons. The summed E-state index contributed by atoms with van der Waals surface area (Å²) in [5.74, 6) is 0. The van der Waals surface area contributed by atoms with Gasteiger partial charge in [-0.2, -0.15) is 0 Å². The lowest BCUT2D eigenvalue weighted by atomic mass is 10.0. The Morgan fingerprint density at radius 3 is 2.31 bits per heavy atom. The Morgan fingerprint density at radius 1 is 1.03 bits per heavy atom. The normalized spacial score (nSPS) is 13.3. The predicted molar refractivity (Wildman–Crippen MR) is 131 cm³/mol. The Labute approximate surface area is 193 Å². The lowest BCUT2D eigenvalue weighted by Crippen LogP contribution is -2.49. The summed E-state index contributed by atoms with van der Waals surface area (Å²) in [6, 6.07) is 17.8. The summed E-state index contributed by atoms with van der Waals surface area (Å²) in [6.45, 7) is 12.7. The third-order valence-corrected chi connectivity index (χ3v) is 5.19. The van der Waals surface area contributed by atoms with E-state index in [1.165, 1.54) is 5.69 Å². The number of alkyl carbamates (subject to hydrolysis) is 1. The van der Waals surface area contributed by atoms with Crippen LogP contribution in [0.3, 0.4) is 0 Å². The van der Waals surface area contributed by atoms with E-state index in [0.29, 0.717) is 19.5 Å². The van der Waals surface area contributed by atoms with E-state index >= 15 is 0 Å². The van der Waals surface area contributed by atoms with E-state index in [-0.39, 0.29) is 0 Å². The molecule has 2 atom stereocenters. The molecule has 0 bridgehead atoms. The summed E-state index contributed by atoms with van der Waals surface area (Å²) in [4.78, 5) is 14.7. The van der Waals surface area contributed by atoms with Crippen LogP contribution in [-0.4, -0.2) is 48.6 Å². The highest BCUT2D eigenvalue weighted by Crippen LogP contribution is 2.16. The lowest BCUT2D eigenvalue weighted by molar-refractivity contribution is 0.0422. The van der Waals surface area contributed by atoms with E-state index in [4.69, 9.17) is 4.74 Å². The van der Waals surface area contributed by atoms with E-state index < -0.39 is 23.8 Å². The molecule has 2 aromatic rings. The zero-order valence-corrected chi connectivity index (χ0v) is 20.1. The highest BCUT2D eigenvalue weighted by Gasteiger charge is 2.24. The van der Waals surface area contributed by atoms with Crippen LogP contribution in [0.1, 0.15) is 45.7 Å². The van der Waals surface area contributed by atoms with Crippen molar-refractivity contribution < 1.29 is 14.6 Å². The number of hydrogen-bond acceptors (Lipinski definition) is 5. The number of rotatable bonds is 11. The van der Waals surface area contributed by atoms with E-state index in [1.807, 2.05) is 51.1 Å². The van der Waals surface area contributed by atoms with Gasteiger partial charge in [0.1, 0.15) is 5.60 Å². The van der Waals surface area contributed by atoms with Crippen LogP contribution in [-0.2, 0) is 17.7 Å². The second-order valence-corrected chi connectivity index (χ2v) is 8.98. The molecule has 6 heteroatoms. The Morgan fingerprint density at radius 2 is 1.69 bits per heavy atom. The number of hydrogen-bond donors (Lipinski definition) is 3. The number of benzene rings is 2. The third-order valence-electron chi connectivity index (χ3n) is 5.19. The van der Waals surface area contributed by atoms with Crippen molar-refractivity contribution in [2.75, 3.05) is 24.5 Å². The molecule has 2 unspecified atom stereocenters. The molecular formula is C26H39N3O3. The first kappa shape index (κ1) is 25.7. The summed E-state index contributed by atoms with van der Waals surface area (Å²) in [6.07, 6.45) is -0.779. The molecule has 0 radical (unpaired) electrons. The summed E-state index contributed by atoms with van der Waals surface area (Å²) >= 11 is 0. The third kappa shape index (κ3) is 8.89. The maximum absolute atomic E-state index is 12.3. The van der Waals surface area contributed by atoms with Crippen LogP contribution in [0.25, 0.3) is 0 Å². The Hall–Kier alpha value is -2.57. The molecule has 0 heterocycles. The first-order chi connectivity index (χ1) is 15.2. The van der Waals surface area contributed by atoms with Crippen molar-refractivity contribution in [3.8, 4) is 0 Å². The van der Waals surface area contributed by atoms with Crippen LogP contribution >= 0.6 is 0 Å². The topological polar surface area (TPSA) is 73.8 Å². The number of nitrogens with one attached hydrogen (secondary N) is 2. The van der Waals surface area contributed by atoms with Gasteiger partial charge in [0.2, 0.25) is 0 Å². The first-order valence-electron chi connectivity index (χ1n) is 11.5. The molecule has 0 fully saturated rings. The molecule has 0 aliphatic heterocycles. The molecule has 0 aromatic heterocycles. The fraction of sp³-hybridized carbons (Fsp3) is 0.500. The van der Waals surface area contributed by atoms with Crippen LogP contribution in [0.4, 0.5) is 10.5 Å². The van der Waals surface area contributed by atoms with Gasteiger partial charge in [-0.1, -0.05) is 42.5 Å². The van der Waals surface area contributed by atoms with E-state index in [1.54, 1.807) is 0 Å². The zero-order chi connectivity index (χ0) is 23.6. The van der Waals surface area contributed by atoms with Crippen molar-refractivity contribution in [3.05, 3.63) is 65.7 Å². The largest absolute Gasteiger partial charge is 0.444 e. The molecule has 0 aliphatic rings. The first-order valence-corrected chi connectivity index (χ1v) is 11.5. The number of anilines is 1. The molecule has 0 spiro atoms. The molecular weight excluding hydrogens is 402 g/mol. The van der Waals surface area contributed by atoms with Gasteiger partial charge >= 0.3 is 6.09 Å². The average molecular weight is 442 g/mol. The van der Waals surface area contributed by atoms with E-state index in [2.05, 4.69) is 53.6 Å². The highest BCUT2D eigenvalue weighted by molar-refractivity contribution is 5.68. The van der Waals surface area contributed by atoms with Gasteiger partial charge in [0.15, 0.2) is 0 Å². The number of aliphatic hydroxyl groups is 1. The van der Waals surface area contributed by atoms with Gasteiger partial charge in [-0.3, -0.25) is 0 Å². The summed E-state index contributed by atoms with van der Waals surface area (Å²) in [5.41, 5.74) is 2.80. The zero-order valence-electron chi connectivity index (χ0n) is 20.1. The molecule has 0 saturated heterocycles. The molecule has 2 aromatic carbocycles. The second-order valence-electron chi connectivity index (χ2n) is 8.98. The van der Waals surface area contributed by atoms with Crippen molar-refractivity contribution in [1.29, 1.82) is 0 Å². The molecule has 0 saturated carbocycles. The van der Waals surface area contributed by atoms with Gasteiger partial charge in [0.25, 0.3) is 0 Å². The number of carbonyl (C=O) groups excluding carboxylic acids is 1. The maximum Gasteiger partial charge on any atom is 0.407 e. The quantitative estimate of drug-likeness (QED) is 0.489. The minimum Gasteiger partial charge on any atom is -0.444 e. The average Bonchev–Trinajstić information content (AvgIpc) is 2.74. The Bertz CT molecular complexity index is 817. The molecule has 6 nitrogen and oxygen atoms in total. The van der Waals surface area contributed by atoms with Crippen LogP contribution in [0.2, 0.25) is 0 Å². The minimum atomic E-state index is -0.770. The van der Waals surface area contributed by atoms with E-state index in [0.717, 1.165) is 24.2 Å². The lowest BCUT2D eigenvalue weighted by Gasteiger charge is -2.27. The van der Waals surface area contributed by atoms with Crippen LogP contribution in [0, 0.1) is 0 Å². The van der Waals surface area contributed by atoms with Gasteiger partial charge in [0, 0.05) is 31.9 Å². The number of amides is 1.